The highest BCUT2D eigenvalue weighted by Gasteiger charge is 2.37. The Balaban J connectivity index is 3.69. The van der Waals surface area contributed by atoms with Gasteiger partial charge < -0.3 is 0 Å². The number of nitrogens with two attached hydrogens (primary N) is 1. The molecule has 13 heavy (non-hydrogen) atoms. The highest BCUT2D eigenvalue weighted by molar-refractivity contribution is 7.99. The van der Waals surface area contributed by atoms with E-state index in [1.54, 1.807) is 0 Å². The molecule has 0 atom stereocenters. The minimum atomic E-state index is -3.35. The summed E-state index contributed by atoms with van der Waals surface area (Å²) in [5, 5.41) is 0. The van der Waals surface area contributed by atoms with Crippen LogP contribution in [-0.2, 0) is 4.79 Å². The van der Waals surface area contributed by atoms with Crippen molar-refractivity contribution in [2.24, 2.45) is 5.84 Å². The molecule has 0 unspecified atom stereocenters. The van der Waals surface area contributed by atoms with Crippen molar-refractivity contribution in [3.05, 3.63) is 0 Å². The summed E-state index contributed by atoms with van der Waals surface area (Å²) in [4.78, 5) is 10.5. The van der Waals surface area contributed by atoms with Gasteiger partial charge in [0.05, 0.1) is 5.75 Å². The second-order valence-electron chi connectivity index (χ2n) is 2.58. The number of hydrazine groups is 1. The Morgan fingerprint density at radius 1 is 1.62 bits per heavy atom. The van der Waals surface area contributed by atoms with Gasteiger partial charge in [-0.3, -0.25) is 10.2 Å². The topological polar surface area (TPSA) is 55.1 Å². The van der Waals surface area contributed by atoms with Crippen LogP contribution >= 0.6 is 11.8 Å². The summed E-state index contributed by atoms with van der Waals surface area (Å²) >= 11 is 1.06. The first-order valence-electron chi connectivity index (χ1n) is 4.01. The largest absolute Gasteiger partial charge is 0.334 e. The maximum atomic E-state index is 12.7. The van der Waals surface area contributed by atoms with E-state index in [0.29, 0.717) is 5.75 Å². The van der Waals surface area contributed by atoms with Crippen molar-refractivity contribution >= 4 is 17.7 Å². The summed E-state index contributed by atoms with van der Waals surface area (Å²) in [7, 11) is 0. The SMILES string of the molecule is CCCCSCC(F)(F)C(=O)NN. The van der Waals surface area contributed by atoms with E-state index in [2.05, 4.69) is 5.84 Å². The van der Waals surface area contributed by atoms with Gasteiger partial charge in [-0.05, 0) is 12.2 Å². The van der Waals surface area contributed by atoms with Gasteiger partial charge in [0.2, 0.25) is 0 Å². The summed E-state index contributed by atoms with van der Waals surface area (Å²) in [6.07, 6.45) is 1.84. The van der Waals surface area contributed by atoms with Gasteiger partial charge in [-0.25, -0.2) is 5.84 Å². The van der Waals surface area contributed by atoms with E-state index in [1.165, 1.54) is 5.43 Å². The van der Waals surface area contributed by atoms with Gasteiger partial charge in [-0.15, -0.1) is 0 Å². The first-order valence-corrected chi connectivity index (χ1v) is 5.16. The lowest BCUT2D eigenvalue weighted by atomic mass is 10.4. The molecule has 1 amide bonds. The smallest absolute Gasteiger partial charge is 0.289 e. The van der Waals surface area contributed by atoms with Crippen LogP contribution in [0.2, 0.25) is 0 Å². The van der Waals surface area contributed by atoms with Crippen LogP contribution < -0.4 is 11.3 Å². The minimum absolute atomic E-state index is 0.504. The lowest BCUT2D eigenvalue weighted by Crippen LogP contribution is -2.45. The van der Waals surface area contributed by atoms with E-state index in [4.69, 9.17) is 0 Å². The van der Waals surface area contributed by atoms with Crippen LogP contribution in [0.5, 0.6) is 0 Å². The number of carbonyl (C=O) groups excluding carboxylic acids is 1. The molecular formula is C7H14F2N2OS. The third kappa shape index (κ3) is 5.05. The highest BCUT2D eigenvalue weighted by atomic mass is 32.2. The fourth-order valence-electron chi connectivity index (χ4n) is 0.618. The normalized spacial score (nSPS) is 11.4. The lowest BCUT2D eigenvalue weighted by Gasteiger charge is -2.13. The van der Waals surface area contributed by atoms with Gasteiger partial charge in [0.1, 0.15) is 0 Å². The van der Waals surface area contributed by atoms with Crippen LogP contribution in [0.15, 0.2) is 0 Å². The Hall–Kier alpha value is -0.360. The summed E-state index contributed by atoms with van der Waals surface area (Å²) < 4.78 is 25.5. The second-order valence-corrected chi connectivity index (χ2v) is 3.69. The second kappa shape index (κ2) is 6.15. The molecule has 0 aliphatic carbocycles. The molecule has 0 saturated carbocycles. The zero-order valence-corrected chi connectivity index (χ0v) is 8.29. The molecule has 0 aromatic carbocycles. The molecule has 0 aromatic heterocycles. The molecule has 0 bridgehead atoms. The van der Waals surface area contributed by atoms with Crippen molar-refractivity contribution < 1.29 is 13.6 Å². The average Bonchev–Trinajstić information content (AvgIpc) is 2.11. The Morgan fingerprint density at radius 3 is 2.69 bits per heavy atom. The number of thioether (sulfide) groups is 1. The first-order chi connectivity index (χ1) is 6.04. The molecule has 3 nitrogen and oxygen atoms in total. The number of hydrogen-bond donors (Lipinski definition) is 2. The van der Waals surface area contributed by atoms with Crippen molar-refractivity contribution in [3.63, 3.8) is 0 Å². The molecule has 0 rings (SSSR count). The van der Waals surface area contributed by atoms with Crippen molar-refractivity contribution in [2.45, 2.75) is 25.7 Å². The molecule has 6 heteroatoms. The van der Waals surface area contributed by atoms with Crippen LogP contribution in [0, 0.1) is 0 Å². The number of halogens is 2. The van der Waals surface area contributed by atoms with E-state index >= 15 is 0 Å². The molecule has 78 valence electrons. The van der Waals surface area contributed by atoms with Crippen molar-refractivity contribution in [3.8, 4) is 0 Å². The third-order valence-corrected chi connectivity index (χ3v) is 2.53. The third-order valence-electron chi connectivity index (χ3n) is 1.39. The fraction of sp³-hybridized carbons (Fsp3) is 0.857. The van der Waals surface area contributed by atoms with Crippen LogP contribution in [0.3, 0.4) is 0 Å². The van der Waals surface area contributed by atoms with Crippen molar-refractivity contribution in [1.82, 2.24) is 5.43 Å². The van der Waals surface area contributed by atoms with E-state index in [0.717, 1.165) is 24.6 Å². The van der Waals surface area contributed by atoms with Gasteiger partial charge in [0.25, 0.3) is 0 Å². The zero-order valence-electron chi connectivity index (χ0n) is 7.48. The highest BCUT2D eigenvalue weighted by Crippen LogP contribution is 2.20. The summed E-state index contributed by atoms with van der Waals surface area (Å²) in [5.74, 6) is -0.0353. The van der Waals surface area contributed by atoms with Crippen molar-refractivity contribution in [1.29, 1.82) is 0 Å². The zero-order chi connectivity index (χ0) is 10.3. The summed E-state index contributed by atoms with van der Waals surface area (Å²) in [6, 6.07) is 0. The molecule has 0 fully saturated rings. The number of hydrogen-bond acceptors (Lipinski definition) is 3. The van der Waals surface area contributed by atoms with Gasteiger partial charge in [0.15, 0.2) is 0 Å². The minimum Gasteiger partial charge on any atom is -0.289 e. The van der Waals surface area contributed by atoms with Crippen LogP contribution in [0.25, 0.3) is 0 Å². The standard InChI is InChI=1S/C7H14F2N2OS/c1-2-3-4-13-5-7(8,9)6(12)11-10/h2-5,10H2,1H3,(H,11,12). The van der Waals surface area contributed by atoms with Gasteiger partial charge >= 0.3 is 11.8 Å². The number of amides is 1. The molecule has 0 heterocycles. The molecule has 0 saturated heterocycles. The van der Waals surface area contributed by atoms with E-state index < -0.39 is 17.6 Å². The Morgan fingerprint density at radius 2 is 2.23 bits per heavy atom. The molecule has 0 radical (unpaired) electrons. The van der Waals surface area contributed by atoms with E-state index in [1.807, 2.05) is 6.92 Å². The predicted octanol–water partition coefficient (Wildman–Crippen LogP) is 1.14. The number of unbranched alkanes of at least 4 members (excludes halogenated alkanes) is 1. The van der Waals surface area contributed by atoms with Gasteiger partial charge in [-0.2, -0.15) is 20.5 Å². The molecule has 0 aliphatic heterocycles. The van der Waals surface area contributed by atoms with Gasteiger partial charge in [-0.1, -0.05) is 13.3 Å². The monoisotopic (exact) mass is 212 g/mol. The van der Waals surface area contributed by atoms with Crippen LogP contribution in [0.4, 0.5) is 8.78 Å². The maximum Gasteiger partial charge on any atom is 0.334 e. The molecule has 3 N–H and O–H groups in total. The summed E-state index contributed by atoms with van der Waals surface area (Å²) in [5.41, 5.74) is 1.44. The Bertz CT molecular complexity index is 167. The first kappa shape index (κ1) is 12.6. The number of carbonyl (C=O) groups is 1. The predicted molar refractivity (Wildman–Crippen MR) is 49.5 cm³/mol. The van der Waals surface area contributed by atoms with Crippen LogP contribution in [-0.4, -0.2) is 23.3 Å². The number of alkyl halides is 2. The molecule has 0 spiro atoms. The lowest BCUT2D eigenvalue weighted by molar-refractivity contribution is -0.142. The van der Waals surface area contributed by atoms with Crippen LogP contribution in [0.1, 0.15) is 19.8 Å². The number of nitrogens with one attached hydrogen (secondary N) is 1. The molecule has 0 aliphatic rings. The number of rotatable bonds is 6. The van der Waals surface area contributed by atoms with Crippen molar-refractivity contribution in [2.75, 3.05) is 11.5 Å². The summed E-state index contributed by atoms with van der Waals surface area (Å²) in [6.45, 7) is 1.98. The van der Waals surface area contributed by atoms with E-state index in [9.17, 15) is 13.6 Å². The Kier molecular flexibility index (Phi) is 5.98. The van der Waals surface area contributed by atoms with E-state index in [-0.39, 0.29) is 0 Å². The molecular weight excluding hydrogens is 198 g/mol. The maximum absolute atomic E-state index is 12.7. The van der Waals surface area contributed by atoms with Gasteiger partial charge in [0, 0.05) is 0 Å². The fourth-order valence-corrected chi connectivity index (χ4v) is 1.64. The Labute approximate surface area is 80.4 Å². The average molecular weight is 212 g/mol. The molecule has 0 aromatic rings. The quantitative estimate of drug-likeness (QED) is 0.300.